The van der Waals surface area contributed by atoms with Crippen LogP contribution >= 0.6 is 11.3 Å². The highest BCUT2D eigenvalue weighted by atomic mass is 32.1. The molecule has 6 nitrogen and oxygen atoms in total. The van der Waals surface area contributed by atoms with Gasteiger partial charge in [-0.25, -0.2) is 14.6 Å². The summed E-state index contributed by atoms with van der Waals surface area (Å²) >= 11 is 1.40. The van der Waals surface area contributed by atoms with E-state index in [0.29, 0.717) is 25.2 Å². The molecule has 120 valence electrons. The van der Waals surface area contributed by atoms with E-state index in [9.17, 15) is 9.59 Å². The lowest BCUT2D eigenvalue weighted by Gasteiger charge is -2.29. The number of amides is 1. The summed E-state index contributed by atoms with van der Waals surface area (Å²) in [4.78, 5) is 29.3. The third-order valence-corrected chi connectivity index (χ3v) is 3.95. The van der Waals surface area contributed by atoms with Crippen molar-refractivity contribution in [3.63, 3.8) is 0 Å². The van der Waals surface area contributed by atoms with Gasteiger partial charge in [-0.15, -0.1) is 11.3 Å². The molecule has 7 heteroatoms. The van der Waals surface area contributed by atoms with Crippen molar-refractivity contribution in [2.75, 3.05) is 20.2 Å². The van der Waals surface area contributed by atoms with E-state index in [-0.39, 0.29) is 6.09 Å². The van der Waals surface area contributed by atoms with Gasteiger partial charge in [0.2, 0.25) is 0 Å². The summed E-state index contributed by atoms with van der Waals surface area (Å²) in [5.41, 5.74) is 0.865. The Kier molecular flexibility index (Phi) is 4.85. The van der Waals surface area contributed by atoms with Gasteiger partial charge < -0.3 is 14.4 Å². The zero-order valence-electron chi connectivity index (χ0n) is 13.2. The van der Waals surface area contributed by atoms with Crippen LogP contribution in [0.25, 0.3) is 5.57 Å². The molecule has 0 N–H and O–H groups in total. The summed E-state index contributed by atoms with van der Waals surface area (Å²) in [5.74, 6) is -0.436. The minimum atomic E-state index is -0.494. The van der Waals surface area contributed by atoms with Crippen LogP contribution in [0.4, 0.5) is 4.79 Å². The molecule has 0 radical (unpaired) electrons. The molecule has 2 heterocycles. The zero-order valence-corrected chi connectivity index (χ0v) is 14.0. The second-order valence-corrected chi connectivity index (χ2v) is 6.79. The molecule has 0 saturated heterocycles. The first-order valence-electron chi connectivity index (χ1n) is 7.01. The second-order valence-electron chi connectivity index (χ2n) is 5.94. The standard InChI is InChI=1S/C15H20N2O4S/c1-15(2,3)21-14(19)17-7-5-10(6-8-17)12-16-11(9-22-12)13(18)20-4/h5,9H,6-8H2,1-4H3. The number of thiazole rings is 1. The van der Waals surface area contributed by atoms with Crippen molar-refractivity contribution in [1.29, 1.82) is 0 Å². The topological polar surface area (TPSA) is 68.7 Å². The Morgan fingerprint density at radius 3 is 2.64 bits per heavy atom. The number of carbonyl (C=O) groups is 2. The SMILES string of the molecule is COC(=O)c1csc(C2=CCN(C(=O)OC(C)(C)C)CC2)n1. The molecule has 0 fully saturated rings. The molecular weight excluding hydrogens is 304 g/mol. The van der Waals surface area contributed by atoms with E-state index < -0.39 is 11.6 Å². The maximum Gasteiger partial charge on any atom is 0.410 e. The minimum Gasteiger partial charge on any atom is -0.464 e. The maximum absolute atomic E-state index is 12.0. The van der Waals surface area contributed by atoms with Crippen molar-refractivity contribution in [2.24, 2.45) is 0 Å². The molecule has 1 aromatic rings. The fraction of sp³-hybridized carbons (Fsp3) is 0.533. The van der Waals surface area contributed by atoms with Gasteiger partial charge in [0.15, 0.2) is 5.69 Å². The van der Waals surface area contributed by atoms with Crippen LogP contribution in [0.2, 0.25) is 0 Å². The molecule has 1 aliphatic rings. The van der Waals surface area contributed by atoms with E-state index in [1.54, 1.807) is 10.3 Å². The average Bonchev–Trinajstić information content (AvgIpc) is 2.94. The highest BCUT2D eigenvalue weighted by Crippen LogP contribution is 2.26. The number of carbonyl (C=O) groups excluding carboxylic acids is 2. The van der Waals surface area contributed by atoms with Gasteiger partial charge in [0.05, 0.1) is 7.11 Å². The first-order chi connectivity index (χ1) is 10.3. The molecule has 0 bridgehead atoms. The molecule has 0 spiro atoms. The lowest BCUT2D eigenvalue weighted by molar-refractivity contribution is 0.0270. The Morgan fingerprint density at radius 1 is 1.36 bits per heavy atom. The summed E-state index contributed by atoms with van der Waals surface area (Å²) < 4.78 is 10.00. The summed E-state index contributed by atoms with van der Waals surface area (Å²) in [7, 11) is 1.33. The van der Waals surface area contributed by atoms with Gasteiger partial charge >= 0.3 is 12.1 Å². The van der Waals surface area contributed by atoms with Crippen LogP contribution < -0.4 is 0 Å². The molecule has 1 aliphatic heterocycles. The second kappa shape index (κ2) is 6.48. The smallest absolute Gasteiger partial charge is 0.410 e. The van der Waals surface area contributed by atoms with E-state index in [1.165, 1.54) is 18.4 Å². The van der Waals surface area contributed by atoms with Crippen LogP contribution in [0.15, 0.2) is 11.5 Å². The quantitative estimate of drug-likeness (QED) is 0.782. The predicted octanol–water partition coefficient (Wildman–Crippen LogP) is 2.95. The third kappa shape index (κ3) is 4.07. The monoisotopic (exact) mass is 324 g/mol. The minimum absolute atomic E-state index is 0.308. The van der Waals surface area contributed by atoms with Crippen LogP contribution in [-0.2, 0) is 9.47 Å². The molecule has 1 amide bonds. The maximum atomic E-state index is 12.0. The van der Waals surface area contributed by atoms with E-state index in [1.807, 2.05) is 26.8 Å². The molecular formula is C15H20N2O4S. The number of rotatable bonds is 2. The van der Waals surface area contributed by atoms with Gasteiger partial charge in [0.1, 0.15) is 10.6 Å². The molecule has 0 unspecified atom stereocenters. The molecule has 0 saturated carbocycles. The lowest BCUT2D eigenvalue weighted by atomic mass is 10.1. The zero-order chi connectivity index (χ0) is 16.3. The Labute approximate surface area is 133 Å². The number of esters is 1. The van der Waals surface area contributed by atoms with E-state index in [2.05, 4.69) is 9.72 Å². The normalized spacial score (nSPS) is 15.3. The van der Waals surface area contributed by atoms with Crippen molar-refractivity contribution >= 4 is 29.0 Å². The first kappa shape index (κ1) is 16.5. The Balaban J connectivity index is 2.01. The largest absolute Gasteiger partial charge is 0.464 e. The van der Waals surface area contributed by atoms with Gasteiger partial charge in [-0.2, -0.15) is 0 Å². The molecule has 22 heavy (non-hydrogen) atoms. The summed E-state index contributed by atoms with van der Waals surface area (Å²) in [5, 5.41) is 2.48. The van der Waals surface area contributed by atoms with Crippen molar-refractivity contribution in [2.45, 2.75) is 32.8 Å². The van der Waals surface area contributed by atoms with Gasteiger partial charge in [-0.3, -0.25) is 0 Å². The van der Waals surface area contributed by atoms with Gasteiger partial charge in [0.25, 0.3) is 0 Å². The van der Waals surface area contributed by atoms with E-state index >= 15 is 0 Å². The Morgan fingerprint density at radius 2 is 2.09 bits per heavy atom. The van der Waals surface area contributed by atoms with Crippen molar-refractivity contribution < 1.29 is 19.1 Å². The number of ether oxygens (including phenoxy) is 2. The van der Waals surface area contributed by atoms with Crippen LogP contribution in [0, 0.1) is 0 Å². The highest BCUT2D eigenvalue weighted by molar-refractivity contribution is 7.11. The van der Waals surface area contributed by atoms with Gasteiger partial charge in [-0.05, 0) is 32.8 Å². The Bertz CT molecular complexity index is 601. The molecule has 0 aromatic carbocycles. The van der Waals surface area contributed by atoms with Crippen molar-refractivity contribution in [3.8, 4) is 0 Å². The summed E-state index contributed by atoms with van der Waals surface area (Å²) in [6.45, 7) is 6.60. The fourth-order valence-electron chi connectivity index (χ4n) is 1.98. The molecule has 2 rings (SSSR count). The number of nitrogens with zero attached hydrogens (tertiary/aromatic N) is 2. The van der Waals surface area contributed by atoms with Crippen LogP contribution in [0.5, 0.6) is 0 Å². The fourth-order valence-corrected chi connectivity index (χ4v) is 2.84. The van der Waals surface area contributed by atoms with Crippen molar-refractivity contribution in [3.05, 3.63) is 22.2 Å². The highest BCUT2D eigenvalue weighted by Gasteiger charge is 2.24. The first-order valence-corrected chi connectivity index (χ1v) is 7.89. The number of hydrogen-bond acceptors (Lipinski definition) is 6. The Hall–Kier alpha value is -1.89. The third-order valence-electron chi connectivity index (χ3n) is 3.03. The average molecular weight is 324 g/mol. The van der Waals surface area contributed by atoms with E-state index in [0.717, 1.165) is 10.6 Å². The van der Waals surface area contributed by atoms with E-state index in [4.69, 9.17) is 4.74 Å². The van der Waals surface area contributed by atoms with Crippen LogP contribution in [0.1, 0.15) is 42.7 Å². The summed E-state index contributed by atoms with van der Waals surface area (Å²) in [6, 6.07) is 0. The summed E-state index contributed by atoms with van der Waals surface area (Å²) in [6.07, 6.45) is 2.33. The van der Waals surface area contributed by atoms with Gasteiger partial charge in [0, 0.05) is 18.5 Å². The number of methoxy groups -OCH3 is 1. The molecule has 0 aliphatic carbocycles. The van der Waals surface area contributed by atoms with Crippen molar-refractivity contribution in [1.82, 2.24) is 9.88 Å². The molecule has 1 aromatic heterocycles. The predicted molar refractivity (Wildman–Crippen MR) is 83.9 cm³/mol. The van der Waals surface area contributed by atoms with Crippen LogP contribution in [0.3, 0.4) is 0 Å². The number of hydrogen-bond donors (Lipinski definition) is 0. The molecule has 0 atom stereocenters. The lowest BCUT2D eigenvalue weighted by Crippen LogP contribution is -2.39. The van der Waals surface area contributed by atoms with Crippen LogP contribution in [-0.4, -0.2) is 47.7 Å². The van der Waals surface area contributed by atoms with Gasteiger partial charge in [-0.1, -0.05) is 6.08 Å². The number of aromatic nitrogens is 1.